The first kappa shape index (κ1) is 13.7. The van der Waals surface area contributed by atoms with Crippen LogP contribution in [0.2, 0.25) is 0 Å². The third-order valence-corrected chi connectivity index (χ3v) is 3.90. The van der Waals surface area contributed by atoms with E-state index >= 15 is 0 Å². The van der Waals surface area contributed by atoms with E-state index in [4.69, 9.17) is 6.03 Å². The minimum absolute atomic E-state index is 0. The molecule has 0 unspecified atom stereocenters. The Hall–Kier alpha value is -1.41. The molecule has 17 heavy (non-hydrogen) atoms. The van der Waals surface area contributed by atoms with E-state index < -0.39 is 21.0 Å². The monoisotopic (exact) mass is 343 g/mol. The predicted octanol–water partition coefficient (Wildman–Crippen LogP) is 2.71. The van der Waals surface area contributed by atoms with Crippen molar-refractivity contribution in [3.05, 3.63) is 60.7 Å². The van der Waals surface area contributed by atoms with Gasteiger partial charge in [0.25, 0.3) is 0 Å². The molecule has 3 nitrogen and oxygen atoms in total. The van der Waals surface area contributed by atoms with E-state index in [9.17, 15) is 3.02 Å². The molecule has 2 aromatic carbocycles. The summed E-state index contributed by atoms with van der Waals surface area (Å²) in [5.74, 6) is 1.16. The van der Waals surface area contributed by atoms with Gasteiger partial charge in [-0.2, -0.15) is 0 Å². The topological polar surface area (TPSA) is 35.5 Å². The molecule has 0 aliphatic heterocycles. The van der Waals surface area contributed by atoms with Gasteiger partial charge in [0.1, 0.15) is 0 Å². The summed E-state index contributed by atoms with van der Waals surface area (Å²) in [7, 11) is 0. The van der Waals surface area contributed by atoms with Crippen molar-refractivity contribution >= 4 is 21.0 Å². The van der Waals surface area contributed by atoms with Gasteiger partial charge >= 0.3 is 102 Å². The molecule has 0 spiro atoms. The average molecular weight is 344 g/mol. The fourth-order valence-corrected chi connectivity index (χ4v) is 2.94. The molecule has 0 atom stereocenters. The first-order valence-electron chi connectivity index (χ1n) is 4.78. The normalized spacial score (nSPS) is 8.94. The van der Waals surface area contributed by atoms with Crippen LogP contribution in [-0.2, 0) is 3.02 Å². The maximum absolute atomic E-state index is 11.6. The summed E-state index contributed by atoms with van der Waals surface area (Å²) in [6, 6.07) is 18.1. The molecule has 0 fully saturated rings. The zero-order valence-corrected chi connectivity index (χ0v) is 11.4. The Morgan fingerprint density at radius 1 is 0.706 bits per heavy atom. The SMILES string of the molecule is F.[O]=[Sb]([O]c1ccccc1)[O]c1ccccc1. The molecule has 0 bridgehead atoms. The van der Waals surface area contributed by atoms with Crippen LogP contribution >= 0.6 is 0 Å². The van der Waals surface area contributed by atoms with Crippen molar-refractivity contribution in [2.24, 2.45) is 0 Å². The minimum atomic E-state index is -3.34. The van der Waals surface area contributed by atoms with Gasteiger partial charge in [-0.3, -0.25) is 4.70 Å². The van der Waals surface area contributed by atoms with Gasteiger partial charge in [-0.05, 0) is 0 Å². The van der Waals surface area contributed by atoms with Gasteiger partial charge in [-0.25, -0.2) is 0 Å². The second-order valence-corrected chi connectivity index (χ2v) is 5.35. The molecule has 0 saturated heterocycles. The van der Waals surface area contributed by atoms with Gasteiger partial charge in [-0.15, -0.1) is 0 Å². The predicted molar refractivity (Wildman–Crippen MR) is 63.1 cm³/mol. The number of rotatable bonds is 4. The zero-order chi connectivity index (χ0) is 11.2. The van der Waals surface area contributed by atoms with Crippen LogP contribution in [0.3, 0.4) is 0 Å². The van der Waals surface area contributed by atoms with Gasteiger partial charge < -0.3 is 0 Å². The second kappa shape index (κ2) is 7.02. The third-order valence-electron chi connectivity index (χ3n) is 1.85. The molecule has 0 heterocycles. The van der Waals surface area contributed by atoms with Gasteiger partial charge in [0.05, 0.1) is 0 Å². The van der Waals surface area contributed by atoms with E-state index in [1.165, 1.54) is 0 Å². The molecule has 0 amide bonds. The average Bonchev–Trinajstić information content (AvgIpc) is 2.31. The Morgan fingerprint density at radius 3 is 1.41 bits per heavy atom. The van der Waals surface area contributed by atoms with Crippen LogP contribution in [-0.4, -0.2) is 21.0 Å². The summed E-state index contributed by atoms with van der Waals surface area (Å²) in [4.78, 5) is 0. The third kappa shape index (κ3) is 4.53. The first-order chi connectivity index (χ1) is 7.84. The van der Waals surface area contributed by atoms with Gasteiger partial charge in [0, 0.05) is 0 Å². The van der Waals surface area contributed by atoms with E-state index in [1.807, 2.05) is 36.4 Å². The standard InChI is InChI=1S/2C6H6O.FH.O.Sb/c2*7-6-4-2-1-3-5-6;;;/h2*1-5,7H;1H;;/q;;;;+2/p-2. The quantitative estimate of drug-likeness (QED) is 0.801. The van der Waals surface area contributed by atoms with Crippen LogP contribution in [0, 0.1) is 0 Å². The molecular weight excluding hydrogens is 333 g/mol. The Bertz CT molecular complexity index is 418. The van der Waals surface area contributed by atoms with E-state index in [1.54, 1.807) is 24.3 Å². The fraction of sp³-hybridized carbons (Fsp3) is 0. The van der Waals surface area contributed by atoms with Crippen molar-refractivity contribution in [3.8, 4) is 11.5 Å². The molecule has 0 aliphatic rings. The molecule has 2 aromatic rings. The Labute approximate surface area is 107 Å². The van der Waals surface area contributed by atoms with E-state index in [2.05, 4.69) is 0 Å². The van der Waals surface area contributed by atoms with Crippen LogP contribution in [0.4, 0.5) is 4.70 Å². The summed E-state index contributed by atoms with van der Waals surface area (Å²) in [5.41, 5.74) is 0. The van der Waals surface area contributed by atoms with Crippen molar-refractivity contribution in [2.75, 3.05) is 0 Å². The zero-order valence-electron chi connectivity index (χ0n) is 8.85. The number of halogens is 1. The van der Waals surface area contributed by atoms with E-state index in [0.717, 1.165) is 0 Å². The summed E-state index contributed by atoms with van der Waals surface area (Å²) >= 11 is -3.34. The molecule has 89 valence electrons. The van der Waals surface area contributed by atoms with Gasteiger partial charge in [0.15, 0.2) is 0 Å². The van der Waals surface area contributed by atoms with E-state index in [0.29, 0.717) is 11.5 Å². The summed E-state index contributed by atoms with van der Waals surface area (Å²) in [6.07, 6.45) is 0. The van der Waals surface area contributed by atoms with Crippen LogP contribution < -0.4 is 6.03 Å². The van der Waals surface area contributed by atoms with Gasteiger partial charge in [-0.1, -0.05) is 0 Å². The summed E-state index contributed by atoms with van der Waals surface area (Å²) < 4.78 is 22.1. The van der Waals surface area contributed by atoms with Gasteiger partial charge in [0.2, 0.25) is 0 Å². The molecule has 1 radical (unpaired) electrons. The van der Waals surface area contributed by atoms with E-state index in [-0.39, 0.29) is 4.70 Å². The fourth-order valence-electron chi connectivity index (χ4n) is 1.15. The molecular formula is C12H11FO3Sb. The Balaban J connectivity index is 0.00000144. The van der Waals surface area contributed by atoms with Crippen LogP contribution in [0.1, 0.15) is 0 Å². The maximum atomic E-state index is 11.6. The number of hydrogen-bond donors (Lipinski definition) is 0. The molecule has 0 aromatic heterocycles. The van der Waals surface area contributed by atoms with Crippen molar-refractivity contribution in [1.82, 2.24) is 0 Å². The number of hydrogen-bond acceptors (Lipinski definition) is 3. The molecule has 2 rings (SSSR count). The van der Waals surface area contributed by atoms with Crippen molar-refractivity contribution in [2.45, 2.75) is 0 Å². The van der Waals surface area contributed by atoms with Crippen LogP contribution in [0.25, 0.3) is 0 Å². The van der Waals surface area contributed by atoms with Crippen molar-refractivity contribution < 1.29 is 13.8 Å². The van der Waals surface area contributed by atoms with Crippen LogP contribution in [0.5, 0.6) is 11.5 Å². The van der Waals surface area contributed by atoms with Crippen molar-refractivity contribution in [1.29, 1.82) is 0 Å². The summed E-state index contributed by atoms with van der Waals surface area (Å²) in [5, 5.41) is 0. The first-order valence-corrected chi connectivity index (χ1v) is 7.90. The Morgan fingerprint density at radius 2 is 1.06 bits per heavy atom. The number of benzene rings is 2. The molecule has 0 saturated carbocycles. The second-order valence-electron chi connectivity index (χ2n) is 3.03. The molecule has 0 N–H and O–H groups in total. The van der Waals surface area contributed by atoms with Crippen LogP contribution in [0.15, 0.2) is 60.7 Å². The van der Waals surface area contributed by atoms with Crippen molar-refractivity contribution in [3.63, 3.8) is 0 Å². The molecule has 0 aliphatic carbocycles. The summed E-state index contributed by atoms with van der Waals surface area (Å²) in [6.45, 7) is 0. The molecule has 5 heteroatoms. The number of para-hydroxylation sites is 2. The Kier molecular flexibility index (Phi) is 5.64.